The number of hydrogen-bond acceptors (Lipinski definition) is 4. The molecule has 2 aromatic rings. The first-order valence-electron chi connectivity index (χ1n) is 9.22. The Hall–Kier alpha value is -2.08. The average molecular weight is 375 g/mol. The zero-order valence-corrected chi connectivity index (χ0v) is 15.5. The van der Waals surface area contributed by atoms with Gasteiger partial charge < -0.3 is 15.2 Å². The van der Waals surface area contributed by atoms with Crippen LogP contribution in [0.25, 0.3) is 11.4 Å². The van der Waals surface area contributed by atoms with Gasteiger partial charge in [-0.25, -0.2) is 4.79 Å². The Labute approximate surface area is 157 Å². The van der Waals surface area contributed by atoms with Crippen molar-refractivity contribution in [1.29, 1.82) is 0 Å². The van der Waals surface area contributed by atoms with Gasteiger partial charge in [0, 0.05) is 11.6 Å². The van der Waals surface area contributed by atoms with Gasteiger partial charge in [-0.1, -0.05) is 35.3 Å². The van der Waals surface area contributed by atoms with Crippen molar-refractivity contribution in [3.8, 4) is 11.4 Å². The standard InChI is InChI=1S/C19H23ClN4O2/c1-11(15-9-12-6-7-13(15)8-12)22-19(25)21-10-17-23-18(24-26-17)14-4-2-3-5-16(14)20/h2-5,11-13,15H,6-10H2,1H3,(H2,21,22,25)/t11-,12-,13-,15-/m0/s1. The maximum Gasteiger partial charge on any atom is 0.315 e. The van der Waals surface area contributed by atoms with Crippen LogP contribution in [0.2, 0.25) is 5.02 Å². The number of benzene rings is 1. The number of nitrogens with zero attached hydrogens (tertiary/aromatic N) is 2. The second-order valence-corrected chi connectivity index (χ2v) is 7.85. The third-order valence-electron chi connectivity index (χ3n) is 5.78. The molecule has 2 aliphatic carbocycles. The fraction of sp³-hybridized carbons (Fsp3) is 0.526. The molecule has 138 valence electrons. The molecule has 0 saturated heterocycles. The molecule has 2 N–H and O–H groups in total. The number of nitrogens with one attached hydrogen (secondary N) is 2. The highest BCUT2D eigenvalue weighted by molar-refractivity contribution is 6.33. The first-order valence-corrected chi connectivity index (χ1v) is 9.60. The van der Waals surface area contributed by atoms with Crippen molar-refractivity contribution in [2.75, 3.05) is 0 Å². The zero-order chi connectivity index (χ0) is 18.1. The molecule has 2 amide bonds. The first kappa shape index (κ1) is 17.3. The highest BCUT2D eigenvalue weighted by atomic mass is 35.5. The molecule has 4 atom stereocenters. The lowest BCUT2D eigenvalue weighted by atomic mass is 9.84. The number of fused-ring (bicyclic) bond motifs is 2. The lowest BCUT2D eigenvalue weighted by molar-refractivity contribution is 0.218. The molecule has 26 heavy (non-hydrogen) atoms. The highest BCUT2D eigenvalue weighted by Gasteiger charge is 2.42. The van der Waals surface area contributed by atoms with Gasteiger partial charge in [0.05, 0.1) is 11.6 Å². The van der Waals surface area contributed by atoms with Gasteiger partial charge in [-0.15, -0.1) is 0 Å². The summed E-state index contributed by atoms with van der Waals surface area (Å²) in [4.78, 5) is 16.5. The third-order valence-corrected chi connectivity index (χ3v) is 6.11. The van der Waals surface area contributed by atoms with Crippen LogP contribution in [-0.4, -0.2) is 22.2 Å². The summed E-state index contributed by atoms with van der Waals surface area (Å²) in [7, 11) is 0. The van der Waals surface area contributed by atoms with Crippen LogP contribution in [-0.2, 0) is 6.54 Å². The first-order chi connectivity index (χ1) is 12.6. The minimum absolute atomic E-state index is 0.187. The van der Waals surface area contributed by atoms with E-state index in [1.54, 1.807) is 6.07 Å². The second kappa shape index (κ2) is 7.27. The summed E-state index contributed by atoms with van der Waals surface area (Å²) in [5, 5.41) is 10.4. The van der Waals surface area contributed by atoms with E-state index >= 15 is 0 Å². The second-order valence-electron chi connectivity index (χ2n) is 7.45. The van der Waals surface area contributed by atoms with Crippen molar-refractivity contribution in [2.45, 2.75) is 45.2 Å². The molecule has 7 heteroatoms. The Bertz CT molecular complexity index is 793. The van der Waals surface area contributed by atoms with Crippen LogP contribution in [0.1, 0.15) is 38.5 Å². The van der Waals surface area contributed by atoms with E-state index in [1.165, 1.54) is 25.7 Å². The molecule has 0 unspecified atom stereocenters. The normalized spacial score (nSPS) is 25.2. The third kappa shape index (κ3) is 3.56. The number of aromatic nitrogens is 2. The van der Waals surface area contributed by atoms with Crippen molar-refractivity contribution in [3.05, 3.63) is 35.2 Å². The van der Waals surface area contributed by atoms with Gasteiger partial charge in [0.2, 0.25) is 11.7 Å². The number of hydrogen-bond donors (Lipinski definition) is 2. The Morgan fingerprint density at radius 3 is 2.92 bits per heavy atom. The molecule has 2 fully saturated rings. The fourth-order valence-corrected chi connectivity index (χ4v) is 4.73. The lowest BCUT2D eigenvalue weighted by Crippen LogP contribution is -2.45. The summed E-state index contributed by atoms with van der Waals surface area (Å²) >= 11 is 6.14. The van der Waals surface area contributed by atoms with Crippen LogP contribution in [0.15, 0.2) is 28.8 Å². The topological polar surface area (TPSA) is 80.0 Å². The predicted molar refractivity (Wildman–Crippen MR) is 98.5 cm³/mol. The molecule has 2 saturated carbocycles. The van der Waals surface area contributed by atoms with E-state index in [0.29, 0.717) is 28.2 Å². The number of halogens is 1. The zero-order valence-electron chi connectivity index (χ0n) is 14.7. The van der Waals surface area contributed by atoms with E-state index in [4.69, 9.17) is 16.1 Å². The van der Waals surface area contributed by atoms with Crippen molar-refractivity contribution in [2.24, 2.45) is 17.8 Å². The number of rotatable bonds is 5. The summed E-state index contributed by atoms with van der Waals surface area (Å²) in [6, 6.07) is 7.30. The summed E-state index contributed by atoms with van der Waals surface area (Å²) < 4.78 is 5.21. The SMILES string of the molecule is C[C@H](NC(=O)NCc1nc(-c2ccccc2Cl)no1)[C@@H]1C[C@H]2CC[C@H]1C2. The molecular formula is C19H23ClN4O2. The number of carbonyl (C=O) groups is 1. The highest BCUT2D eigenvalue weighted by Crippen LogP contribution is 2.49. The molecule has 2 aliphatic rings. The molecule has 1 heterocycles. The molecule has 0 aliphatic heterocycles. The molecule has 2 bridgehead atoms. The van der Waals surface area contributed by atoms with E-state index < -0.39 is 0 Å². The van der Waals surface area contributed by atoms with Gasteiger partial charge in [0.25, 0.3) is 0 Å². The molecule has 1 aromatic carbocycles. The van der Waals surface area contributed by atoms with Gasteiger partial charge in [-0.3, -0.25) is 0 Å². The van der Waals surface area contributed by atoms with E-state index in [9.17, 15) is 4.79 Å². The maximum atomic E-state index is 12.2. The van der Waals surface area contributed by atoms with Crippen molar-refractivity contribution in [1.82, 2.24) is 20.8 Å². The lowest BCUT2D eigenvalue weighted by Gasteiger charge is -2.28. The molecule has 4 rings (SSSR count). The number of urea groups is 1. The van der Waals surface area contributed by atoms with Crippen LogP contribution in [0.3, 0.4) is 0 Å². The van der Waals surface area contributed by atoms with E-state index in [2.05, 4.69) is 27.7 Å². The summed E-state index contributed by atoms with van der Waals surface area (Å²) in [5.41, 5.74) is 0.707. The minimum Gasteiger partial charge on any atom is -0.337 e. The summed E-state index contributed by atoms with van der Waals surface area (Å²) in [6.07, 6.45) is 5.27. The molecular weight excluding hydrogens is 352 g/mol. The molecule has 0 radical (unpaired) electrons. The quantitative estimate of drug-likeness (QED) is 0.828. The number of amides is 2. The number of carbonyl (C=O) groups excluding carboxylic acids is 1. The van der Waals surface area contributed by atoms with Gasteiger partial charge >= 0.3 is 6.03 Å². The monoisotopic (exact) mass is 374 g/mol. The van der Waals surface area contributed by atoms with Gasteiger partial charge in [-0.2, -0.15) is 4.98 Å². The molecule has 6 nitrogen and oxygen atoms in total. The van der Waals surface area contributed by atoms with Gasteiger partial charge in [0.1, 0.15) is 0 Å². The largest absolute Gasteiger partial charge is 0.337 e. The summed E-state index contributed by atoms with van der Waals surface area (Å²) in [6.45, 7) is 2.29. The molecule has 0 spiro atoms. The van der Waals surface area contributed by atoms with Crippen LogP contribution >= 0.6 is 11.6 Å². The fourth-order valence-electron chi connectivity index (χ4n) is 4.51. The predicted octanol–water partition coefficient (Wildman–Crippen LogP) is 4.01. The van der Waals surface area contributed by atoms with Crippen LogP contribution < -0.4 is 10.6 Å². The average Bonchev–Trinajstić information content (AvgIpc) is 3.37. The Kier molecular flexibility index (Phi) is 4.85. The van der Waals surface area contributed by atoms with Crippen LogP contribution in [0.4, 0.5) is 4.79 Å². The maximum absolute atomic E-state index is 12.2. The summed E-state index contributed by atoms with van der Waals surface area (Å²) in [5.74, 6) is 3.03. The van der Waals surface area contributed by atoms with E-state index in [0.717, 1.165) is 11.8 Å². The van der Waals surface area contributed by atoms with Crippen molar-refractivity contribution < 1.29 is 9.32 Å². The van der Waals surface area contributed by atoms with Gasteiger partial charge in [0.15, 0.2) is 0 Å². The smallest absolute Gasteiger partial charge is 0.315 e. The van der Waals surface area contributed by atoms with E-state index in [1.807, 2.05) is 18.2 Å². The van der Waals surface area contributed by atoms with Crippen molar-refractivity contribution >= 4 is 17.6 Å². The Balaban J connectivity index is 1.29. The Morgan fingerprint density at radius 2 is 2.19 bits per heavy atom. The minimum atomic E-state index is -0.197. The van der Waals surface area contributed by atoms with Crippen LogP contribution in [0, 0.1) is 17.8 Å². The molecule has 1 aromatic heterocycles. The van der Waals surface area contributed by atoms with Crippen LogP contribution in [0.5, 0.6) is 0 Å². The van der Waals surface area contributed by atoms with Crippen molar-refractivity contribution in [3.63, 3.8) is 0 Å². The van der Waals surface area contributed by atoms with E-state index in [-0.39, 0.29) is 18.6 Å². The van der Waals surface area contributed by atoms with Gasteiger partial charge in [-0.05, 0) is 56.1 Å². The Morgan fingerprint density at radius 1 is 1.35 bits per heavy atom.